The van der Waals surface area contributed by atoms with Crippen molar-refractivity contribution < 1.29 is 9.53 Å². The summed E-state index contributed by atoms with van der Waals surface area (Å²) in [6.45, 7) is 1.32. The van der Waals surface area contributed by atoms with E-state index in [2.05, 4.69) is 4.90 Å². The molecule has 0 radical (unpaired) electrons. The van der Waals surface area contributed by atoms with E-state index in [0.717, 1.165) is 34.1 Å². The molecule has 1 amide bonds. The lowest BCUT2D eigenvalue weighted by Crippen LogP contribution is -2.29. The average molecular weight is 328 g/mol. The zero-order chi connectivity index (χ0) is 16.2. The highest BCUT2D eigenvalue weighted by Crippen LogP contribution is 2.47. The number of nitrogens with zero attached hydrogens (tertiary/aromatic N) is 2. The first-order valence-electron chi connectivity index (χ1n) is 7.64. The molecule has 1 aliphatic rings. The Labute approximate surface area is 141 Å². The Morgan fingerprint density at radius 1 is 1.04 bits per heavy atom. The molecule has 1 aliphatic heterocycles. The minimum Gasteiger partial charge on any atom is -0.449 e. The number of carbonyl (C=O) groups excluding carboxylic acids is 1. The molecule has 0 spiro atoms. The lowest BCUT2D eigenvalue weighted by atomic mass is 10.2. The normalized spacial score (nSPS) is 12.7. The molecule has 0 aromatic heterocycles. The zero-order valence-corrected chi connectivity index (χ0v) is 14.2. The minimum absolute atomic E-state index is 0.316. The van der Waals surface area contributed by atoms with Crippen LogP contribution in [0.5, 0.6) is 0 Å². The van der Waals surface area contributed by atoms with Gasteiger partial charge in [-0.3, -0.25) is 0 Å². The van der Waals surface area contributed by atoms with Gasteiger partial charge in [-0.15, -0.1) is 0 Å². The molecule has 0 aliphatic carbocycles. The lowest BCUT2D eigenvalue weighted by molar-refractivity contribution is 0.151. The van der Waals surface area contributed by atoms with Gasteiger partial charge in [0.1, 0.15) is 0 Å². The molecule has 1 heterocycles. The summed E-state index contributed by atoms with van der Waals surface area (Å²) in [4.78, 5) is 18.5. The van der Waals surface area contributed by atoms with Crippen molar-refractivity contribution >= 4 is 29.2 Å². The number of para-hydroxylation sites is 2. The number of anilines is 2. The summed E-state index contributed by atoms with van der Waals surface area (Å²) < 4.78 is 5.50. The second kappa shape index (κ2) is 7.06. The molecular formula is C18H20N2O2S. The van der Waals surface area contributed by atoms with E-state index in [1.165, 1.54) is 0 Å². The van der Waals surface area contributed by atoms with Crippen molar-refractivity contribution in [1.29, 1.82) is 0 Å². The van der Waals surface area contributed by atoms with Gasteiger partial charge in [0, 0.05) is 16.3 Å². The standard InChI is InChI=1S/C18H20N2O2S/c1-19(2)12-7-13-22-18(21)20-14-8-3-5-10-16(14)23-17-11-6-4-9-15(17)20/h3-6,8-11H,7,12-13H2,1-2H3. The van der Waals surface area contributed by atoms with Crippen LogP contribution in [0.4, 0.5) is 16.2 Å². The summed E-state index contributed by atoms with van der Waals surface area (Å²) in [5, 5.41) is 0. The Bertz CT molecular complexity index is 657. The van der Waals surface area contributed by atoms with Crippen LogP contribution >= 0.6 is 11.8 Å². The summed E-state index contributed by atoms with van der Waals surface area (Å²) in [7, 11) is 4.02. The van der Waals surface area contributed by atoms with E-state index in [9.17, 15) is 4.79 Å². The van der Waals surface area contributed by atoms with E-state index < -0.39 is 0 Å². The van der Waals surface area contributed by atoms with Crippen LogP contribution in [0.25, 0.3) is 0 Å². The topological polar surface area (TPSA) is 32.8 Å². The fourth-order valence-corrected chi connectivity index (χ4v) is 3.56. The smallest absolute Gasteiger partial charge is 0.419 e. The number of hydrogen-bond donors (Lipinski definition) is 0. The third-order valence-electron chi connectivity index (χ3n) is 3.59. The third kappa shape index (κ3) is 3.51. The lowest BCUT2D eigenvalue weighted by Gasteiger charge is -2.30. The van der Waals surface area contributed by atoms with Gasteiger partial charge < -0.3 is 9.64 Å². The van der Waals surface area contributed by atoms with E-state index in [1.54, 1.807) is 16.7 Å². The first-order valence-corrected chi connectivity index (χ1v) is 8.46. The van der Waals surface area contributed by atoms with Gasteiger partial charge in [-0.2, -0.15) is 0 Å². The summed E-state index contributed by atoms with van der Waals surface area (Å²) in [5.41, 5.74) is 1.77. The molecule has 4 nitrogen and oxygen atoms in total. The Hall–Kier alpha value is -1.98. The fraction of sp³-hybridized carbons (Fsp3) is 0.278. The maximum Gasteiger partial charge on any atom is 0.419 e. The van der Waals surface area contributed by atoms with Gasteiger partial charge in [0.15, 0.2) is 0 Å². The number of fused-ring (bicyclic) bond motifs is 2. The molecule has 0 unspecified atom stereocenters. The number of carbonyl (C=O) groups is 1. The Balaban J connectivity index is 1.82. The third-order valence-corrected chi connectivity index (χ3v) is 4.72. The minimum atomic E-state index is -0.316. The van der Waals surface area contributed by atoms with Crippen LogP contribution in [0.2, 0.25) is 0 Å². The monoisotopic (exact) mass is 328 g/mol. The highest BCUT2D eigenvalue weighted by molar-refractivity contribution is 7.99. The van der Waals surface area contributed by atoms with E-state index >= 15 is 0 Å². The Morgan fingerprint density at radius 3 is 2.17 bits per heavy atom. The summed E-state index contributed by atoms with van der Waals surface area (Å²) in [5.74, 6) is 0. The summed E-state index contributed by atoms with van der Waals surface area (Å²) in [6.07, 6.45) is 0.508. The van der Waals surface area contributed by atoms with Crippen molar-refractivity contribution in [2.45, 2.75) is 16.2 Å². The molecule has 23 heavy (non-hydrogen) atoms. The van der Waals surface area contributed by atoms with Crippen molar-refractivity contribution in [2.24, 2.45) is 0 Å². The van der Waals surface area contributed by atoms with Crippen LogP contribution in [-0.2, 0) is 4.74 Å². The SMILES string of the molecule is CN(C)CCCOC(=O)N1c2ccccc2Sc2ccccc21. The first-order chi connectivity index (χ1) is 11.2. The number of ether oxygens (including phenoxy) is 1. The van der Waals surface area contributed by atoms with Crippen molar-refractivity contribution in [3.8, 4) is 0 Å². The van der Waals surface area contributed by atoms with E-state index in [-0.39, 0.29) is 6.09 Å². The molecule has 5 heteroatoms. The average Bonchev–Trinajstić information content (AvgIpc) is 2.56. The molecule has 3 rings (SSSR count). The van der Waals surface area contributed by atoms with Crippen molar-refractivity contribution in [1.82, 2.24) is 4.90 Å². The van der Waals surface area contributed by atoms with Crippen LogP contribution < -0.4 is 4.90 Å². The van der Waals surface area contributed by atoms with Crippen molar-refractivity contribution in [2.75, 3.05) is 32.1 Å². The van der Waals surface area contributed by atoms with Gasteiger partial charge in [-0.25, -0.2) is 9.69 Å². The van der Waals surface area contributed by atoms with E-state index in [4.69, 9.17) is 4.74 Å². The van der Waals surface area contributed by atoms with Crippen LogP contribution in [0, 0.1) is 0 Å². The van der Waals surface area contributed by atoms with Gasteiger partial charge in [-0.1, -0.05) is 36.0 Å². The van der Waals surface area contributed by atoms with Gasteiger partial charge in [0.25, 0.3) is 0 Å². The number of rotatable bonds is 4. The second-order valence-electron chi connectivity index (χ2n) is 5.64. The highest BCUT2D eigenvalue weighted by atomic mass is 32.2. The number of hydrogen-bond acceptors (Lipinski definition) is 4. The van der Waals surface area contributed by atoms with Crippen LogP contribution in [0.15, 0.2) is 58.3 Å². The highest BCUT2D eigenvalue weighted by Gasteiger charge is 2.28. The summed E-state index contributed by atoms with van der Waals surface area (Å²) in [6, 6.07) is 15.8. The molecule has 0 bridgehead atoms. The van der Waals surface area contributed by atoms with Gasteiger partial charge in [0.05, 0.1) is 18.0 Å². The predicted octanol–water partition coefficient (Wildman–Crippen LogP) is 4.38. The number of amides is 1. The molecule has 0 saturated carbocycles. The molecule has 0 N–H and O–H groups in total. The number of benzene rings is 2. The van der Waals surface area contributed by atoms with E-state index in [0.29, 0.717) is 6.61 Å². The van der Waals surface area contributed by atoms with E-state index in [1.807, 2.05) is 62.6 Å². The maximum atomic E-state index is 12.6. The summed E-state index contributed by atoms with van der Waals surface area (Å²) >= 11 is 1.68. The second-order valence-corrected chi connectivity index (χ2v) is 6.73. The van der Waals surface area contributed by atoms with Crippen LogP contribution in [-0.4, -0.2) is 38.2 Å². The molecular weight excluding hydrogens is 308 g/mol. The molecule has 0 fully saturated rings. The fourth-order valence-electron chi connectivity index (χ4n) is 2.51. The molecule has 2 aromatic carbocycles. The first kappa shape index (κ1) is 15.9. The molecule has 0 saturated heterocycles. The predicted molar refractivity (Wildman–Crippen MR) is 93.7 cm³/mol. The van der Waals surface area contributed by atoms with Gasteiger partial charge in [-0.05, 0) is 44.8 Å². The Morgan fingerprint density at radius 2 is 1.61 bits per heavy atom. The Kier molecular flexibility index (Phi) is 4.88. The maximum absolute atomic E-state index is 12.6. The van der Waals surface area contributed by atoms with Gasteiger partial charge >= 0.3 is 6.09 Å². The zero-order valence-electron chi connectivity index (χ0n) is 13.4. The van der Waals surface area contributed by atoms with Crippen LogP contribution in [0.1, 0.15) is 6.42 Å². The molecule has 2 aromatic rings. The molecule has 0 atom stereocenters. The molecule has 120 valence electrons. The largest absolute Gasteiger partial charge is 0.449 e. The van der Waals surface area contributed by atoms with Gasteiger partial charge in [0.2, 0.25) is 0 Å². The van der Waals surface area contributed by atoms with Crippen molar-refractivity contribution in [3.63, 3.8) is 0 Å². The van der Waals surface area contributed by atoms with Crippen LogP contribution in [0.3, 0.4) is 0 Å². The van der Waals surface area contributed by atoms with Crippen molar-refractivity contribution in [3.05, 3.63) is 48.5 Å². The quantitative estimate of drug-likeness (QED) is 0.780.